The molecule has 1 amide bonds. The molecule has 1 saturated heterocycles. The fourth-order valence-corrected chi connectivity index (χ4v) is 3.80. The van der Waals surface area contributed by atoms with Crippen LogP contribution in [0, 0.1) is 0 Å². The van der Waals surface area contributed by atoms with Gasteiger partial charge in [-0.15, -0.1) is 0 Å². The van der Waals surface area contributed by atoms with Gasteiger partial charge >= 0.3 is 0 Å². The zero-order valence-corrected chi connectivity index (χ0v) is 14.1. The number of nitrogens with one attached hydrogen (secondary N) is 1. The van der Waals surface area contributed by atoms with Crippen LogP contribution in [0.2, 0.25) is 5.02 Å². The number of aromatic amines is 1. The molecule has 22 heavy (non-hydrogen) atoms. The molecule has 0 saturated carbocycles. The van der Waals surface area contributed by atoms with Crippen LogP contribution in [0.5, 0.6) is 0 Å². The maximum absolute atomic E-state index is 12.4. The van der Waals surface area contributed by atoms with E-state index in [9.17, 15) is 4.79 Å². The van der Waals surface area contributed by atoms with E-state index in [0.29, 0.717) is 27.6 Å². The maximum Gasteiger partial charge on any atom is 0.233 e. The lowest BCUT2D eigenvalue weighted by atomic mass is 10.0. The van der Waals surface area contributed by atoms with Crippen molar-refractivity contribution in [1.82, 2.24) is 19.9 Å². The molecule has 7 heteroatoms. The van der Waals surface area contributed by atoms with E-state index in [1.807, 2.05) is 4.90 Å². The monoisotopic (exact) mass is 338 g/mol. The van der Waals surface area contributed by atoms with Crippen molar-refractivity contribution in [3.63, 3.8) is 0 Å². The van der Waals surface area contributed by atoms with Crippen LogP contribution in [0.25, 0.3) is 11.2 Å². The summed E-state index contributed by atoms with van der Waals surface area (Å²) >= 11 is 7.34. The quantitative estimate of drug-likeness (QED) is 0.867. The van der Waals surface area contributed by atoms with Gasteiger partial charge in [-0.3, -0.25) is 4.79 Å². The number of nitrogens with zero attached hydrogens (tertiary/aromatic N) is 3. The normalized spacial score (nSPS) is 18.8. The number of halogens is 1. The van der Waals surface area contributed by atoms with E-state index < -0.39 is 0 Å². The number of pyridine rings is 1. The first-order chi connectivity index (χ1) is 10.7. The van der Waals surface area contributed by atoms with Crippen LogP contribution in [0.4, 0.5) is 0 Å². The van der Waals surface area contributed by atoms with Crippen LogP contribution in [0.3, 0.4) is 0 Å². The molecule has 1 aliphatic heterocycles. The zero-order valence-electron chi connectivity index (χ0n) is 12.5. The number of hydrogen-bond donors (Lipinski definition) is 1. The molecule has 0 radical (unpaired) electrons. The predicted molar refractivity (Wildman–Crippen MR) is 89.3 cm³/mol. The van der Waals surface area contributed by atoms with Gasteiger partial charge in [0.25, 0.3) is 0 Å². The Kier molecular flexibility index (Phi) is 4.88. The Bertz CT molecular complexity index is 675. The smallest absolute Gasteiger partial charge is 0.233 e. The van der Waals surface area contributed by atoms with Crippen LogP contribution in [-0.2, 0) is 4.79 Å². The molecule has 2 aromatic heterocycles. The van der Waals surface area contributed by atoms with Gasteiger partial charge in [0, 0.05) is 18.8 Å². The highest BCUT2D eigenvalue weighted by molar-refractivity contribution is 7.99. The minimum Gasteiger partial charge on any atom is -0.339 e. The summed E-state index contributed by atoms with van der Waals surface area (Å²) in [4.78, 5) is 26.2. The number of piperidine rings is 1. The number of rotatable bonds is 4. The summed E-state index contributed by atoms with van der Waals surface area (Å²) in [6.07, 6.45) is 6.07. The number of imidazole rings is 1. The van der Waals surface area contributed by atoms with Gasteiger partial charge in [0.15, 0.2) is 10.8 Å². The first-order valence-electron chi connectivity index (χ1n) is 7.61. The van der Waals surface area contributed by atoms with Gasteiger partial charge in [-0.05, 0) is 31.7 Å². The number of likely N-dealkylation sites (tertiary alicyclic amines) is 1. The third kappa shape index (κ3) is 3.38. The van der Waals surface area contributed by atoms with E-state index in [1.54, 1.807) is 12.3 Å². The van der Waals surface area contributed by atoms with E-state index in [-0.39, 0.29) is 5.91 Å². The first-order valence-corrected chi connectivity index (χ1v) is 8.97. The highest BCUT2D eigenvalue weighted by atomic mass is 35.5. The summed E-state index contributed by atoms with van der Waals surface area (Å²) in [6, 6.07) is 2.19. The Labute approximate surface area is 138 Å². The highest BCUT2D eigenvalue weighted by Crippen LogP contribution is 2.23. The molecule has 1 unspecified atom stereocenters. The molecule has 118 valence electrons. The Morgan fingerprint density at radius 2 is 2.41 bits per heavy atom. The number of carbonyl (C=O) groups excluding carboxylic acids is 1. The molecular weight excluding hydrogens is 320 g/mol. The fourth-order valence-electron chi connectivity index (χ4n) is 2.89. The second-order valence-electron chi connectivity index (χ2n) is 5.50. The Balaban J connectivity index is 1.64. The van der Waals surface area contributed by atoms with Gasteiger partial charge in [-0.25, -0.2) is 9.97 Å². The van der Waals surface area contributed by atoms with Crippen LogP contribution < -0.4 is 0 Å². The Hall–Kier alpha value is -1.27. The van der Waals surface area contributed by atoms with Crippen molar-refractivity contribution >= 4 is 40.4 Å². The molecule has 1 aliphatic rings. The molecule has 3 rings (SSSR count). The standard InChI is InChI=1S/C15H19ClN4OS/c1-2-11-5-3-4-6-20(11)13(21)9-22-15-18-12-7-10(16)8-17-14(12)19-15/h7-8,11H,2-6,9H2,1H3,(H,17,18,19). The lowest BCUT2D eigenvalue weighted by molar-refractivity contribution is -0.132. The van der Waals surface area contributed by atoms with Crippen molar-refractivity contribution < 1.29 is 4.79 Å². The number of carbonyl (C=O) groups is 1. The molecule has 1 fully saturated rings. The van der Waals surface area contributed by atoms with E-state index in [0.717, 1.165) is 31.3 Å². The van der Waals surface area contributed by atoms with E-state index in [1.165, 1.54) is 18.2 Å². The third-order valence-corrected chi connectivity index (χ3v) is 5.10. The van der Waals surface area contributed by atoms with Gasteiger partial charge < -0.3 is 9.88 Å². The van der Waals surface area contributed by atoms with E-state index in [2.05, 4.69) is 21.9 Å². The van der Waals surface area contributed by atoms with Crippen molar-refractivity contribution in [1.29, 1.82) is 0 Å². The second-order valence-corrected chi connectivity index (χ2v) is 6.90. The molecule has 2 aromatic rings. The molecule has 1 atom stereocenters. The van der Waals surface area contributed by atoms with Crippen molar-refractivity contribution in [3.8, 4) is 0 Å². The van der Waals surface area contributed by atoms with Crippen LogP contribution in [-0.4, -0.2) is 44.1 Å². The van der Waals surface area contributed by atoms with Gasteiger partial charge in [0.2, 0.25) is 5.91 Å². The van der Waals surface area contributed by atoms with Crippen molar-refractivity contribution in [2.45, 2.75) is 43.8 Å². The molecule has 0 bridgehead atoms. The molecule has 3 heterocycles. The minimum absolute atomic E-state index is 0.197. The summed E-state index contributed by atoms with van der Waals surface area (Å²) in [5.41, 5.74) is 1.43. The second kappa shape index (κ2) is 6.87. The van der Waals surface area contributed by atoms with Gasteiger partial charge in [0.1, 0.15) is 0 Å². The average molecular weight is 339 g/mol. The van der Waals surface area contributed by atoms with Crippen LogP contribution in [0.1, 0.15) is 32.6 Å². The number of H-pyrrole nitrogens is 1. The Morgan fingerprint density at radius 3 is 3.23 bits per heavy atom. The average Bonchev–Trinajstić information content (AvgIpc) is 2.94. The molecular formula is C15H19ClN4OS. The zero-order chi connectivity index (χ0) is 15.5. The van der Waals surface area contributed by atoms with Gasteiger partial charge in [0.05, 0.1) is 16.3 Å². The number of amides is 1. The van der Waals surface area contributed by atoms with Gasteiger partial charge in [-0.2, -0.15) is 0 Å². The largest absolute Gasteiger partial charge is 0.339 e. The lowest BCUT2D eigenvalue weighted by Crippen LogP contribution is -2.44. The van der Waals surface area contributed by atoms with Gasteiger partial charge in [-0.1, -0.05) is 30.3 Å². The number of fused-ring (bicyclic) bond motifs is 1. The summed E-state index contributed by atoms with van der Waals surface area (Å²) in [5, 5.41) is 1.28. The molecule has 1 N–H and O–H groups in total. The molecule has 5 nitrogen and oxygen atoms in total. The maximum atomic E-state index is 12.4. The van der Waals surface area contributed by atoms with Crippen LogP contribution >= 0.6 is 23.4 Å². The van der Waals surface area contributed by atoms with E-state index in [4.69, 9.17) is 11.6 Å². The van der Waals surface area contributed by atoms with E-state index >= 15 is 0 Å². The SMILES string of the molecule is CCC1CCCCN1C(=O)CSc1nc2ncc(Cl)cc2[nH]1. The number of hydrogen-bond acceptors (Lipinski definition) is 4. The summed E-state index contributed by atoms with van der Waals surface area (Å²) < 4.78 is 0. The summed E-state index contributed by atoms with van der Waals surface area (Å²) in [6.45, 7) is 3.03. The first kappa shape index (κ1) is 15.6. The topological polar surface area (TPSA) is 61.9 Å². The highest BCUT2D eigenvalue weighted by Gasteiger charge is 2.25. The number of thioether (sulfide) groups is 1. The third-order valence-electron chi connectivity index (χ3n) is 4.03. The Morgan fingerprint density at radius 1 is 1.55 bits per heavy atom. The molecule has 0 aromatic carbocycles. The predicted octanol–water partition coefficient (Wildman–Crippen LogP) is 3.49. The van der Waals surface area contributed by atoms with Crippen molar-refractivity contribution in [2.75, 3.05) is 12.3 Å². The van der Waals surface area contributed by atoms with Crippen molar-refractivity contribution in [3.05, 3.63) is 17.3 Å². The summed E-state index contributed by atoms with van der Waals surface area (Å²) in [7, 11) is 0. The van der Waals surface area contributed by atoms with Crippen LogP contribution in [0.15, 0.2) is 17.4 Å². The number of aromatic nitrogens is 3. The lowest BCUT2D eigenvalue weighted by Gasteiger charge is -2.35. The summed E-state index contributed by atoms with van der Waals surface area (Å²) in [5.74, 6) is 0.604. The fraction of sp³-hybridized carbons (Fsp3) is 0.533. The molecule has 0 aliphatic carbocycles. The van der Waals surface area contributed by atoms with Crippen molar-refractivity contribution in [2.24, 2.45) is 0 Å². The minimum atomic E-state index is 0.197. The molecule has 0 spiro atoms.